The van der Waals surface area contributed by atoms with Crippen molar-refractivity contribution in [2.24, 2.45) is 7.05 Å². The minimum atomic E-state index is 0.120. The van der Waals surface area contributed by atoms with Gasteiger partial charge in [-0.1, -0.05) is 12.1 Å². The SMILES string of the molecule is Cn1nccc1NCC1CNc2ccccc2O1. The van der Waals surface area contributed by atoms with E-state index in [0.717, 1.165) is 30.3 Å². The van der Waals surface area contributed by atoms with Gasteiger partial charge < -0.3 is 15.4 Å². The van der Waals surface area contributed by atoms with E-state index in [1.54, 1.807) is 6.20 Å². The molecule has 1 aromatic carbocycles. The maximum atomic E-state index is 5.92. The molecule has 5 heteroatoms. The molecule has 2 aromatic rings. The van der Waals surface area contributed by atoms with Crippen molar-refractivity contribution in [1.29, 1.82) is 0 Å². The van der Waals surface area contributed by atoms with E-state index < -0.39 is 0 Å². The maximum absolute atomic E-state index is 5.92. The molecular weight excluding hydrogens is 228 g/mol. The van der Waals surface area contributed by atoms with Crippen LogP contribution in [0.4, 0.5) is 11.5 Å². The van der Waals surface area contributed by atoms with Crippen LogP contribution in [0.15, 0.2) is 36.5 Å². The zero-order valence-electron chi connectivity index (χ0n) is 10.3. The summed E-state index contributed by atoms with van der Waals surface area (Å²) in [5, 5.41) is 10.8. The Kier molecular flexibility index (Phi) is 2.80. The lowest BCUT2D eigenvalue weighted by atomic mass is 10.2. The van der Waals surface area contributed by atoms with Gasteiger partial charge in [0.1, 0.15) is 17.7 Å². The quantitative estimate of drug-likeness (QED) is 0.863. The first kappa shape index (κ1) is 11.0. The van der Waals surface area contributed by atoms with E-state index in [9.17, 15) is 0 Å². The molecule has 0 aliphatic carbocycles. The Bertz CT molecular complexity index is 537. The lowest BCUT2D eigenvalue weighted by molar-refractivity contribution is 0.218. The lowest BCUT2D eigenvalue weighted by Gasteiger charge is -2.27. The second kappa shape index (κ2) is 4.60. The van der Waals surface area contributed by atoms with Gasteiger partial charge in [-0.05, 0) is 12.1 Å². The Labute approximate surface area is 106 Å². The van der Waals surface area contributed by atoms with Crippen molar-refractivity contribution in [2.75, 3.05) is 23.7 Å². The number of nitrogens with one attached hydrogen (secondary N) is 2. The van der Waals surface area contributed by atoms with E-state index >= 15 is 0 Å². The molecule has 0 spiro atoms. The van der Waals surface area contributed by atoms with Crippen LogP contribution in [0.25, 0.3) is 0 Å². The van der Waals surface area contributed by atoms with E-state index in [0.29, 0.717) is 0 Å². The molecule has 1 aliphatic heterocycles. The molecule has 0 saturated carbocycles. The number of hydrogen-bond donors (Lipinski definition) is 2. The Morgan fingerprint density at radius 1 is 1.44 bits per heavy atom. The van der Waals surface area contributed by atoms with Crippen LogP contribution >= 0.6 is 0 Å². The van der Waals surface area contributed by atoms with E-state index in [1.807, 2.05) is 42.1 Å². The summed E-state index contributed by atoms with van der Waals surface area (Å²) in [6.07, 6.45) is 1.90. The molecule has 94 valence electrons. The zero-order chi connectivity index (χ0) is 12.4. The first-order valence-electron chi connectivity index (χ1n) is 6.04. The van der Waals surface area contributed by atoms with Crippen LogP contribution in [0.3, 0.4) is 0 Å². The number of nitrogens with zero attached hydrogens (tertiary/aromatic N) is 2. The molecule has 0 saturated heterocycles. The first-order valence-corrected chi connectivity index (χ1v) is 6.04. The number of benzene rings is 1. The highest BCUT2D eigenvalue weighted by molar-refractivity contribution is 5.57. The van der Waals surface area contributed by atoms with Gasteiger partial charge in [0.05, 0.1) is 25.0 Å². The third kappa shape index (κ3) is 2.11. The monoisotopic (exact) mass is 244 g/mol. The van der Waals surface area contributed by atoms with Crippen molar-refractivity contribution >= 4 is 11.5 Å². The highest BCUT2D eigenvalue weighted by atomic mass is 16.5. The van der Waals surface area contributed by atoms with Crippen LogP contribution < -0.4 is 15.4 Å². The summed E-state index contributed by atoms with van der Waals surface area (Å²) in [7, 11) is 1.91. The van der Waals surface area contributed by atoms with Gasteiger partial charge >= 0.3 is 0 Å². The summed E-state index contributed by atoms with van der Waals surface area (Å²) in [6, 6.07) is 9.95. The zero-order valence-corrected chi connectivity index (χ0v) is 10.3. The van der Waals surface area contributed by atoms with Crippen LogP contribution in [0.1, 0.15) is 0 Å². The van der Waals surface area contributed by atoms with Crippen molar-refractivity contribution in [3.63, 3.8) is 0 Å². The molecule has 2 heterocycles. The third-order valence-corrected chi connectivity index (χ3v) is 3.03. The molecule has 1 unspecified atom stereocenters. The van der Waals surface area contributed by atoms with Crippen LogP contribution in [0, 0.1) is 0 Å². The average molecular weight is 244 g/mol. The lowest BCUT2D eigenvalue weighted by Crippen LogP contribution is -2.36. The summed E-state index contributed by atoms with van der Waals surface area (Å²) in [6.45, 7) is 1.56. The molecular formula is C13H16N4O. The number of aryl methyl sites for hydroxylation is 1. The molecule has 1 aromatic heterocycles. The number of aromatic nitrogens is 2. The van der Waals surface area contributed by atoms with E-state index in [2.05, 4.69) is 15.7 Å². The molecule has 2 N–H and O–H groups in total. The van der Waals surface area contributed by atoms with E-state index in [-0.39, 0.29) is 6.10 Å². The summed E-state index contributed by atoms with van der Waals surface area (Å²) >= 11 is 0. The Hall–Kier alpha value is -2.17. The fourth-order valence-corrected chi connectivity index (χ4v) is 2.04. The van der Waals surface area contributed by atoms with Crippen LogP contribution in [-0.2, 0) is 7.05 Å². The van der Waals surface area contributed by atoms with Gasteiger partial charge in [0.2, 0.25) is 0 Å². The summed E-state index contributed by atoms with van der Waals surface area (Å²) in [4.78, 5) is 0. The summed E-state index contributed by atoms with van der Waals surface area (Å²) in [5.74, 6) is 1.91. The molecule has 0 bridgehead atoms. The maximum Gasteiger partial charge on any atom is 0.143 e. The highest BCUT2D eigenvalue weighted by Crippen LogP contribution is 2.28. The molecule has 0 fully saturated rings. The van der Waals surface area contributed by atoms with Crippen molar-refractivity contribution in [2.45, 2.75) is 6.10 Å². The molecule has 0 radical (unpaired) electrons. The second-order valence-corrected chi connectivity index (χ2v) is 4.34. The van der Waals surface area contributed by atoms with Gasteiger partial charge in [0.25, 0.3) is 0 Å². The molecule has 18 heavy (non-hydrogen) atoms. The minimum absolute atomic E-state index is 0.120. The van der Waals surface area contributed by atoms with Gasteiger partial charge in [-0.15, -0.1) is 0 Å². The van der Waals surface area contributed by atoms with Gasteiger partial charge in [-0.3, -0.25) is 4.68 Å². The van der Waals surface area contributed by atoms with Crippen LogP contribution in [0.2, 0.25) is 0 Å². The van der Waals surface area contributed by atoms with Crippen molar-refractivity contribution in [3.8, 4) is 5.75 Å². The number of ether oxygens (including phenoxy) is 1. The van der Waals surface area contributed by atoms with Crippen molar-refractivity contribution in [3.05, 3.63) is 36.5 Å². The van der Waals surface area contributed by atoms with Gasteiger partial charge in [-0.2, -0.15) is 5.10 Å². The summed E-state index contributed by atoms with van der Waals surface area (Å²) < 4.78 is 7.73. The average Bonchev–Trinajstić information content (AvgIpc) is 2.82. The Morgan fingerprint density at radius 3 is 3.17 bits per heavy atom. The normalized spacial score (nSPS) is 17.5. The smallest absolute Gasteiger partial charge is 0.143 e. The number of rotatable bonds is 3. The molecule has 5 nitrogen and oxygen atoms in total. The number of fused-ring (bicyclic) bond motifs is 1. The fraction of sp³-hybridized carbons (Fsp3) is 0.308. The fourth-order valence-electron chi connectivity index (χ4n) is 2.04. The largest absolute Gasteiger partial charge is 0.485 e. The van der Waals surface area contributed by atoms with Crippen molar-refractivity contribution in [1.82, 2.24) is 9.78 Å². The number of para-hydroxylation sites is 2. The van der Waals surface area contributed by atoms with Crippen LogP contribution in [-0.4, -0.2) is 29.0 Å². The topological polar surface area (TPSA) is 51.1 Å². The summed E-state index contributed by atoms with van der Waals surface area (Å²) in [5.41, 5.74) is 1.06. The number of anilines is 2. The molecule has 0 amide bonds. The molecule has 1 aliphatic rings. The van der Waals surface area contributed by atoms with E-state index in [4.69, 9.17) is 4.74 Å². The molecule has 3 rings (SSSR count). The van der Waals surface area contributed by atoms with Gasteiger partial charge in [-0.25, -0.2) is 0 Å². The Balaban J connectivity index is 1.61. The molecule has 1 atom stereocenters. The standard InChI is InChI=1S/C13H16N4O/c1-17-13(6-7-16-17)15-9-10-8-14-11-4-2-3-5-12(11)18-10/h2-7,10,14-15H,8-9H2,1H3. The minimum Gasteiger partial charge on any atom is -0.485 e. The van der Waals surface area contributed by atoms with E-state index in [1.165, 1.54) is 0 Å². The predicted molar refractivity (Wildman–Crippen MR) is 71.0 cm³/mol. The first-order chi connectivity index (χ1) is 8.83. The number of hydrogen-bond acceptors (Lipinski definition) is 4. The predicted octanol–water partition coefficient (Wildman–Crippen LogP) is 1.71. The highest BCUT2D eigenvalue weighted by Gasteiger charge is 2.18. The van der Waals surface area contributed by atoms with Crippen molar-refractivity contribution < 1.29 is 4.74 Å². The van der Waals surface area contributed by atoms with Gasteiger partial charge in [0, 0.05) is 13.1 Å². The Morgan fingerprint density at radius 2 is 2.33 bits per heavy atom. The third-order valence-electron chi connectivity index (χ3n) is 3.03. The van der Waals surface area contributed by atoms with Crippen LogP contribution in [0.5, 0.6) is 5.75 Å². The van der Waals surface area contributed by atoms with Gasteiger partial charge in [0.15, 0.2) is 0 Å². The second-order valence-electron chi connectivity index (χ2n) is 4.34.